The highest BCUT2D eigenvalue weighted by atomic mass is 16.3. The summed E-state index contributed by atoms with van der Waals surface area (Å²) < 4.78 is 5.86. The monoisotopic (exact) mass is 244 g/mol. The van der Waals surface area contributed by atoms with Gasteiger partial charge in [-0.25, -0.2) is 0 Å². The van der Waals surface area contributed by atoms with Crippen molar-refractivity contribution in [1.29, 1.82) is 0 Å². The lowest BCUT2D eigenvalue weighted by Crippen LogP contribution is -2.25. The zero-order valence-corrected chi connectivity index (χ0v) is 10.6. The van der Waals surface area contributed by atoms with Crippen molar-refractivity contribution in [2.75, 3.05) is 18.9 Å². The minimum Gasteiger partial charge on any atom is -0.461 e. The van der Waals surface area contributed by atoms with Crippen molar-refractivity contribution in [2.24, 2.45) is 0 Å². The fraction of sp³-hybridized carbons (Fsp3) is 0.357. The number of carbonyl (C=O) groups excluding carboxylic acids is 1. The standard InChI is InChI=1S/C14H16N2O2/c1-9(17)15-10-3-4-13-11(7-10)12-8-16(2)6-5-14(12)18-13/h3-4,7H,5-6,8H2,1-2H3,(H,15,17). The van der Waals surface area contributed by atoms with Crippen LogP contribution in [0, 0.1) is 0 Å². The summed E-state index contributed by atoms with van der Waals surface area (Å²) in [4.78, 5) is 13.4. The van der Waals surface area contributed by atoms with Gasteiger partial charge in [0.1, 0.15) is 11.3 Å². The van der Waals surface area contributed by atoms with Crippen LogP contribution in [0.15, 0.2) is 22.6 Å². The molecule has 3 rings (SSSR count). The molecule has 0 saturated carbocycles. The Morgan fingerprint density at radius 3 is 3.06 bits per heavy atom. The molecule has 1 aromatic heterocycles. The van der Waals surface area contributed by atoms with E-state index < -0.39 is 0 Å². The predicted molar refractivity (Wildman–Crippen MR) is 70.6 cm³/mol. The molecule has 1 aromatic carbocycles. The molecule has 0 atom stereocenters. The lowest BCUT2D eigenvalue weighted by atomic mass is 10.0. The minimum absolute atomic E-state index is 0.0520. The number of carbonyl (C=O) groups is 1. The second kappa shape index (κ2) is 4.14. The number of nitrogens with zero attached hydrogens (tertiary/aromatic N) is 1. The summed E-state index contributed by atoms with van der Waals surface area (Å²) in [5, 5.41) is 3.92. The second-order valence-electron chi connectivity index (χ2n) is 4.88. The number of hydrogen-bond donors (Lipinski definition) is 1. The van der Waals surface area contributed by atoms with Crippen LogP contribution in [0.1, 0.15) is 18.2 Å². The van der Waals surface area contributed by atoms with Crippen LogP contribution in [0.25, 0.3) is 11.0 Å². The van der Waals surface area contributed by atoms with E-state index in [-0.39, 0.29) is 5.91 Å². The summed E-state index contributed by atoms with van der Waals surface area (Å²) in [6, 6.07) is 5.81. The van der Waals surface area contributed by atoms with Crippen molar-refractivity contribution in [1.82, 2.24) is 4.90 Å². The van der Waals surface area contributed by atoms with Gasteiger partial charge in [0.25, 0.3) is 0 Å². The zero-order valence-electron chi connectivity index (χ0n) is 10.6. The lowest BCUT2D eigenvalue weighted by molar-refractivity contribution is -0.114. The summed E-state index contributed by atoms with van der Waals surface area (Å²) in [5.41, 5.74) is 2.99. The van der Waals surface area contributed by atoms with Crippen LogP contribution in [0.5, 0.6) is 0 Å². The molecule has 0 aliphatic carbocycles. The Balaban J connectivity index is 2.09. The quantitative estimate of drug-likeness (QED) is 0.837. The molecular weight excluding hydrogens is 228 g/mol. The van der Waals surface area contributed by atoms with Gasteiger partial charge in [-0.05, 0) is 25.2 Å². The number of hydrogen-bond acceptors (Lipinski definition) is 3. The van der Waals surface area contributed by atoms with Gasteiger partial charge >= 0.3 is 0 Å². The summed E-state index contributed by atoms with van der Waals surface area (Å²) in [5.74, 6) is 1.03. The Labute approximate surface area is 106 Å². The van der Waals surface area contributed by atoms with Gasteiger partial charge in [-0.3, -0.25) is 4.79 Å². The van der Waals surface area contributed by atoms with Gasteiger partial charge in [0.15, 0.2) is 0 Å². The number of likely N-dealkylation sites (N-methyl/N-ethyl adjacent to an activating group) is 1. The SMILES string of the molecule is CC(=O)Nc1ccc2oc3c(c2c1)CN(C)CC3. The van der Waals surface area contributed by atoms with E-state index in [1.165, 1.54) is 12.5 Å². The molecule has 4 heteroatoms. The second-order valence-corrected chi connectivity index (χ2v) is 4.88. The first kappa shape index (κ1) is 11.3. The molecule has 1 amide bonds. The van der Waals surface area contributed by atoms with Crippen LogP contribution in [-0.2, 0) is 17.8 Å². The maximum atomic E-state index is 11.1. The number of anilines is 1. The summed E-state index contributed by atoms with van der Waals surface area (Å²) in [6.45, 7) is 3.46. The minimum atomic E-state index is -0.0520. The van der Waals surface area contributed by atoms with Crippen molar-refractivity contribution in [2.45, 2.75) is 19.9 Å². The number of furan rings is 1. The third-order valence-electron chi connectivity index (χ3n) is 3.34. The zero-order chi connectivity index (χ0) is 12.7. The fourth-order valence-electron chi connectivity index (χ4n) is 2.50. The Kier molecular flexibility index (Phi) is 2.59. The smallest absolute Gasteiger partial charge is 0.221 e. The Bertz CT molecular complexity index is 616. The van der Waals surface area contributed by atoms with Crippen LogP contribution in [0.3, 0.4) is 0 Å². The van der Waals surface area contributed by atoms with E-state index in [0.29, 0.717) is 0 Å². The largest absolute Gasteiger partial charge is 0.461 e. The number of rotatable bonds is 1. The molecule has 0 fully saturated rings. The molecule has 1 aliphatic rings. The fourth-order valence-corrected chi connectivity index (χ4v) is 2.50. The van der Waals surface area contributed by atoms with Crippen molar-refractivity contribution in [3.8, 4) is 0 Å². The third-order valence-corrected chi connectivity index (χ3v) is 3.34. The average molecular weight is 244 g/mol. The molecule has 1 aliphatic heterocycles. The molecule has 0 spiro atoms. The van der Waals surface area contributed by atoms with Crippen LogP contribution in [0.2, 0.25) is 0 Å². The molecule has 94 valence electrons. The van der Waals surface area contributed by atoms with Crippen LogP contribution < -0.4 is 5.32 Å². The van der Waals surface area contributed by atoms with Gasteiger partial charge in [-0.15, -0.1) is 0 Å². The van der Waals surface area contributed by atoms with E-state index in [4.69, 9.17) is 4.42 Å². The Morgan fingerprint density at radius 1 is 1.44 bits per heavy atom. The van der Waals surface area contributed by atoms with E-state index in [1.807, 2.05) is 18.2 Å². The van der Waals surface area contributed by atoms with Crippen molar-refractivity contribution >= 4 is 22.6 Å². The summed E-state index contributed by atoms with van der Waals surface area (Å²) in [7, 11) is 2.11. The van der Waals surface area contributed by atoms with Crippen LogP contribution in [-0.4, -0.2) is 24.4 Å². The molecule has 0 saturated heterocycles. The first-order valence-electron chi connectivity index (χ1n) is 6.14. The average Bonchev–Trinajstić information content (AvgIpc) is 2.66. The van der Waals surface area contributed by atoms with Gasteiger partial charge in [0.2, 0.25) is 5.91 Å². The summed E-state index contributed by atoms with van der Waals surface area (Å²) >= 11 is 0. The first-order valence-corrected chi connectivity index (χ1v) is 6.14. The van der Waals surface area contributed by atoms with E-state index in [0.717, 1.165) is 41.9 Å². The molecular formula is C14H16N2O2. The van der Waals surface area contributed by atoms with Gasteiger partial charge < -0.3 is 14.6 Å². The Hall–Kier alpha value is -1.81. The normalized spacial score (nSPS) is 15.7. The van der Waals surface area contributed by atoms with Crippen LogP contribution in [0.4, 0.5) is 5.69 Å². The van der Waals surface area contributed by atoms with Crippen molar-refractivity contribution in [3.05, 3.63) is 29.5 Å². The van der Waals surface area contributed by atoms with Crippen LogP contribution >= 0.6 is 0 Å². The maximum Gasteiger partial charge on any atom is 0.221 e. The summed E-state index contributed by atoms with van der Waals surface area (Å²) in [6.07, 6.45) is 0.954. The molecule has 18 heavy (non-hydrogen) atoms. The van der Waals surface area contributed by atoms with Gasteiger partial charge in [0, 0.05) is 43.1 Å². The Morgan fingerprint density at radius 2 is 2.28 bits per heavy atom. The number of nitrogens with one attached hydrogen (secondary N) is 1. The molecule has 2 aromatic rings. The number of amides is 1. The van der Waals surface area contributed by atoms with Gasteiger partial charge in [0.05, 0.1) is 0 Å². The first-order chi connectivity index (χ1) is 8.63. The topological polar surface area (TPSA) is 45.5 Å². The van der Waals surface area contributed by atoms with E-state index in [2.05, 4.69) is 17.3 Å². The molecule has 1 N–H and O–H groups in total. The predicted octanol–water partition coefficient (Wildman–Crippen LogP) is 2.38. The van der Waals surface area contributed by atoms with Crippen molar-refractivity contribution in [3.63, 3.8) is 0 Å². The lowest BCUT2D eigenvalue weighted by Gasteiger charge is -2.21. The van der Waals surface area contributed by atoms with E-state index in [1.54, 1.807) is 0 Å². The highest BCUT2D eigenvalue weighted by Gasteiger charge is 2.20. The number of fused-ring (bicyclic) bond motifs is 3. The molecule has 2 heterocycles. The number of benzene rings is 1. The van der Waals surface area contributed by atoms with E-state index >= 15 is 0 Å². The van der Waals surface area contributed by atoms with Crippen molar-refractivity contribution < 1.29 is 9.21 Å². The molecule has 0 radical (unpaired) electrons. The van der Waals surface area contributed by atoms with E-state index in [9.17, 15) is 4.79 Å². The maximum absolute atomic E-state index is 11.1. The highest BCUT2D eigenvalue weighted by Crippen LogP contribution is 2.31. The van der Waals surface area contributed by atoms with Gasteiger partial charge in [-0.2, -0.15) is 0 Å². The molecule has 4 nitrogen and oxygen atoms in total. The molecule has 0 unspecified atom stereocenters. The molecule has 0 bridgehead atoms. The third kappa shape index (κ3) is 1.88. The van der Waals surface area contributed by atoms with Gasteiger partial charge in [-0.1, -0.05) is 0 Å². The highest BCUT2D eigenvalue weighted by molar-refractivity contribution is 5.93.